The topological polar surface area (TPSA) is 70.3 Å². The van der Waals surface area contributed by atoms with E-state index in [0.29, 0.717) is 0 Å². The zero-order valence-corrected chi connectivity index (χ0v) is 9.67. The highest BCUT2D eigenvalue weighted by Gasteiger charge is 2.58. The highest BCUT2D eigenvalue weighted by atomic mass is 19.4. The Kier molecular flexibility index (Phi) is 4.32. The fourth-order valence-electron chi connectivity index (χ4n) is 0.972. The van der Waals surface area contributed by atoms with Gasteiger partial charge in [-0.3, -0.25) is 0 Å². The first-order valence-electron chi connectivity index (χ1n) is 4.99. The van der Waals surface area contributed by atoms with Gasteiger partial charge in [0.2, 0.25) is 11.8 Å². The van der Waals surface area contributed by atoms with Crippen LogP contribution >= 0.6 is 0 Å². The molecule has 2 N–H and O–H groups in total. The number of halogens is 5. The van der Waals surface area contributed by atoms with E-state index in [9.17, 15) is 22.0 Å². The van der Waals surface area contributed by atoms with Crippen LogP contribution in [0.3, 0.4) is 0 Å². The van der Waals surface area contributed by atoms with Gasteiger partial charge < -0.3 is 15.2 Å². The van der Waals surface area contributed by atoms with Crippen molar-refractivity contribution in [3.8, 4) is 11.8 Å². The second-order valence-electron chi connectivity index (χ2n) is 3.32. The maximum Gasteiger partial charge on any atom is 0.456 e. The van der Waals surface area contributed by atoms with Crippen molar-refractivity contribution in [2.75, 3.05) is 18.9 Å². The van der Waals surface area contributed by atoms with Crippen LogP contribution in [0.15, 0.2) is 6.33 Å². The van der Waals surface area contributed by atoms with Crippen molar-refractivity contribution in [3.05, 3.63) is 6.33 Å². The molecule has 5 nitrogen and oxygen atoms in total. The summed E-state index contributed by atoms with van der Waals surface area (Å²) in [5.74, 6) is -5.75. The molecule has 0 aromatic carbocycles. The van der Waals surface area contributed by atoms with Crippen LogP contribution in [0.4, 0.5) is 27.6 Å². The summed E-state index contributed by atoms with van der Waals surface area (Å²) in [6.07, 6.45) is -4.83. The Hall–Kier alpha value is -1.87. The van der Waals surface area contributed by atoms with Crippen LogP contribution in [-0.4, -0.2) is 35.3 Å². The molecule has 1 aromatic heterocycles. The zero-order chi connectivity index (χ0) is 14.7. The number of hydrogen-bond acceptors (Lipinski definition) is 5. The SMILES string of the molecule is CCOc1ncnc(OCC(F)(F)C(F)(F)F)c1N. The van der Waals surface area contributed by atoms with Gasteiger partial charge in [-0.2, -0.15) is 31.9 Å². The monoisotopic (exact) mass is 287 g/mol. The molecular formula is C9H10F5N3O2. The van der Waals surface area contributed by atoms with Crippen LogP contribution in [0.1, 0.15) is 6.92 Å². The van der Waals surface area contributed by atoms with Gasteiger partial charge in [-0.15, -0.1) is 0 Å². The molecule has 0 aliphatic carbocycles. The van der Waals surface area contributed by atoms with E-state index in [0.717, 1.165) is 6.33 Å². The second kappa shape index (κ2) is 5.41. The molecule has 1 aromatic rings. The van der Waals surface area contributed by atoms with E-state index in [4.69, 9.17) is 10.5 Å². The lowest BCUT2D eigenvalue weighted by molar-refractivity contribution is -0.290. The van der Waals surface area contributed by atoms with Gasteiger partial charge in [0.1, 0.15) is 6.33 Å². The number of nitrogen functional groups attached to an aromatic ring is 1. The Morgan fingerprint density at radius 2 is 1.63 bits per heavy atom. The Bertz CT molecular complexity index is 438. The minimum atomic E-state index is -5.71. The third kappa shape index (κ3) is 3.55. The van der Waals surface area contributed by atoms with Crippen LogP contribution in [0.2, 0.25) is 0 Å². The maximum absolute atomic E-state index is 12.6. The fraction of sp³-hybridized carbons (Fsp3) is 0.556. The van der Waals surface area contributed by atoms with Crippen molar-refractivity contribution >= 4 is 5.69 Å². The highest BCUT2D eigenvalue weighted by Crippen LogP contribution is 2.36. The quantitative estimate of drug-likeness (QED) is 0.839. The van der Waals surface area contributed by atoms with E-state index >= 15 is 0 Å². The van der Waals surface area contributed by atoms with Crippen LogP contribution in [0.25, 0.3) is 0 Å². The van der Waals surface area contributed by atoms with E-state index in [2.05, 4.69) is 14.7 Å². The zero-order valence-electron chi connectivity index (χ0n) is 9.67. The molecular weight excluding hydrogens is 277 g/mol. The largest absolute Gasteiger partial charge is 0.476 e. The van der Waals surface area contributed by atoms with Crippen molar-refractivity contribution in [3.63, 3.8) is 0 Å². The molecule has 0 amide bonds. The van der Waals surface area contributed by atoms with Crippen molar-refractivity contribution < 1.29 is 31.4 Å². The van der Waals surface area contributed by atoms with Gasteiger partial charge >= 0.3 is 12.1 Å². The predicted octanol–water partition coefficient (Wildman–Crippen LogP) is 2.03. The van der Waals surface area contributed by atoms with Crippen LogP contribution in [-0.2, 0) is 0 Å². The average Bonchev–Trinajstić information content (AvgIpc) is 2.29. The first kappa shape index (κ1) is 15.2. The smallest absolute Gasteiger partial charge is 0.456 e. The van der Waals surface area contributed by atoms with Crippen molar-refractivity contribution in [1.82, 2.24) is 9.97 Å². The minimum Gasteiger partial charge on any atom is -0.476 e. The molecule has 0 aliphatic heterocycles. The number of alkyl halides is 5. The Morgan fingerprint density at radius 1 is 1.11 bits per heavy atom. The lowest BCUT2D eigenvalue weighted by Gasteiger charge is -2.19. The van der Waals surface area contributed by atoms with Gasteiger partial charge in [-0.05, 0) is 6.92 Å². The number of anilines is 1. The molecule has 0 aliphatic rings. The van der Waals surface area contributed by atoms with Crippen LogP contribution in [0, 0.1) is 0 Å². The number of nitrogens with zero attached hydrogens (tertiary/aromatic N) is 2. The number of rotatable bonds is 5. The summed E-state index contributed by atoms with van der Waals surface area (Å²) in [6.45, 7) is -0.136. The lowest BCUT2D eigenvalue weighted by atomic mass is 10.3. The number of ether oxygens (including phenoxy) is 2. The van der Waals surface area contributed by atoms with E-state index in [-0.39, 0.29) is 18.2 Å². The molecule has 1 heterocycles. The molecule has 1 rings (SSSR count). The molecule has 19 heavy (non-hydrogen) atoms. The summed E-state index contributed by atoms with van der Waals surface area (Å²) in [5, 5.41) is 0. The first-order valence-corrected chi connectivity index (χ1v) is 4.99. The molecule has 0 saturated heterocycles. The summed E-state index contributed by atoms with van der Waals surface area (Å²) in [5.41, 5.74) is 5.06. The number of aromatic nitrogens is 2. The molecule has 108 valence electrons. The summed E-state index contributed by atoms with van der Waals surface area (Å²) in [6, 6.07) is 0. The molecule has 0 atom stereocenters. The normalized spacial score (nSPS) is 12.3. The van der Waals surface area contributed by atoms with Gasteiger partial charge in [-0.25, -0.2) is 0 Å². The number of nitrogens with two attached hydrogens (primary N) is 1. The Morgan fingerprint density at radius 3 is 2.11 bits per heavy atom. The third-order valence-electron chi connectivity index (χ3n) is 1.90. The standard InChI is InChI=1S/C9H10F5N3O2/c1-2-18-6-5(15)7(17-4-16-6)19-3-8(10,11)9(12,13)14/h4H,2-3,15H2,1H3. The van der Waals surface area contributed by atoms with Gasteiger partial charge in [0.25, 0.3) is 0 Å². The summed E-state index contributed by atoms with van der Waals surface area (Å²) < 4.78 is 70.2. The average molecular weight is 287 g/mol. The van der Waals surface area contributed by atoms with E-state index < -0.39 is 24.6 Å². The number of hydrogen-bond donors (Lipinski definition) is 1. The molecule has 0 fully saturated rings. The van der Waals surface area contributed by atoms with Crippen LogP contribution in [0.5, 0.6) is 11.8 Å². The Balaban J connectivity index is 2.81. The summed E-state index contributed by atoms with van der Waals surface area (Å²) in [4.78, 5) is 6.94. The van der Waals surface area contributed by atoms with Crippen LogP contribution < -0.4 is 15.2 Å². The molecule has 0 bridgehead atoms. The van der Waals surface area contributed by atoms with Gasteiger partial charge in [-0.1, -0.05) is 0 Å². The minimum absolute atomic E-state index is 0.150. The maximum atomic E-state index is 12.6. The van der Waals surface area contributed by atoms with E-state index in [1.165, 1.54) is 0 Å². The third-order valence-corrected chi connectivity index (χ3v) is 1.90. The second-order valence-corrected chi connectivity index (χ2v) is 3.32. The van der Waals surface area contributed by atoms with Crippen molar-refractivity contribution in [2.45, 2.75) is 19.0 Å². The molecule has 0 unspecified atom stereocenters. The molecule has 0 spiro atoms. The Labute approximate surface area is 104 Å². The summed E-state index contributed by atoms with van der Waals surface area (Å²) in [7, 11) is 0. The van der Waals surface area contributed by atoms with Gasteiger partial charge in [0, 0.05) is 0 Å². The first-order chi connectivity index (χ1) is 8.69. The van der Waals surface area contributed by atoms with E-state index in [1.807, 2.05) is 0 Å². The van der Waals surface area contributed by atoms with E-state index in [1.54, 1.807) is 6.92 Å². The lowest BCUT2D eigenvalue weighted by Crippen LogP contribution is -2.41. The molecule has 0 saturated carbocycles. The van der Waals surface area contributed by atoms with Crippen molar-refractivity contribution in [2.24, 2.45) is 0 Å². The van der Waals surface area contributed by atoms with Gasteiger partial charge in [0.05, 0.1) is 6.61 Å². The highest BCUT2D eigenvalue weighted by molar-refractivity contribution is 5.55. The fourth-order valence-corrected chi connectivity index (χ4v) is 0.972. The molecule has 10 heteroatoms. The van der Waals surface area contributed by atoms with Gasteiger partial charge in [0.15, 0.2) is 12.3 Å². The molecule has 0 radical (unpaired) electrons. The predicted molar refractivity (Wildman–Crippen MR) is 54.1 cm³/mol. The van der Waals surface area contributed by atoms with Crippen molar-refractivity contribution in [1.29, 1.82) is 0 Å². The summed E-state index contributed by atoms with van der Waals surface area (Å²) >= 11 is 0.